The van der Waals surface area contributed by atoms with E-state index in [-0.39, 0.29) is 10.7 Å². The van der Waals surface area contributed by atoms with Crippen molar-refractivity contribution < 1.29 is 9.53 Å². The number of pyridine rings is 1. The van der Waals surface area contributed by atoms with Gasteiger partial charge in [0.1, 0.15) is 5.69 Å². The average Bonchev–Trinajstić information content (AvgIpc) is 2.57. The number of aromatic nitrogens is 1. The number of halogens is 1. The van der Waals surface area contributed by atoms with Crippen LogP contribution in [0.5, 0.6) is 5.88 Å². The Kier molecular flexibility index (Phi) is 3.14. The summed E-state index contributed by atoms with van der Waals surface area (Å²) in [6.07, 6.45) is 2.21. The molecule has 1 amide bonds. The molecule has 1 saturated heterocycles. The molecule has 1 atom stereocenters. The predicted molar refractivity (Wildman–Crippen MR) is 65.2 cm³/mol. The fourth-order valence-corrected chi connectivity index (χ4v) is 2.45. The topological polar surface area (TPSA) is 42.4 Å². The van der Waals surface area contributed by atoms with E-state index >= 15 is 0 Å². The van der Waals surface area contributed by atoms with Crippen LogP contribution < -0.4 is 9.64 Å². The van der Waals surface area contributed by atoms with Gasteiger partial charge in [0, 0.05) is 24.0 Å². The van der Waals surface area contributed by atoms with E-state index in [1.807, 2.05) is 13.0 Å². The van der Waals surface area contributed by atoms with Crippen molar-refractivity contribution in [2.24, 2.45) is 0 Å². The van der Waals surface area contributed by atoms with Crippen LogP contribution in [0.4, 0.5) is 5.69 Å². The fraction of sp³-hybridized carbons (Fsp3) is 0.455. The zero-order chi connectivity index (χ0) is 11.7. The highest BCUT2D eigenvalue weighted by Gasteiger charge is 2.31. The number of hydrogen-bond donors (Lipinski definition) is 0. The lowest BCUT2D eigenvalue weighted by atomic mass is 10.2. The van der Waals surface area contributed by atoms with Crippen molar-refractivity contribution in [2.75, 3.05) is 18.6 Å². The molecule has 0 saturated carbocycles. The van der Waals surface area contributed by atoms with Gasteiger partial charge in [0.05, 0.1) is 7.11 Å². The van der Waals surface area contributed by atoms with Crippen LogP contribution in [0.3, 0.4) is 0 Å². The monoisotopic (exact) mass is 284 g/mol. The maximum Gasteiger partial charge on any atom is 0.237 e. The van der Waals surface area contributed by atoms with Crippen LogP contribution in [0.25, 0.3) is 0 Å². The van der Waals surface area contributed by atoms with Gasteiger partial charge in [-0.3, -0.25) is 4.79 Å². The van der Waals surface area contributed by atoms with Crippen molar-refractivity contribution in [3.8, 4) is 5.88 Å². The summed E-state index contributed by atoms with van der Waals surface area (Å²) < 4.78 is 5.20. The lowest BCUT2D eigenvalue weighted by Crippen LogP contribution is -2.26. The van der Waals surface area contributed by atoms with Gasteiger partial charge in [0.15, 0.2) is 0 Å². The van der Waals surface area contributed by atoms with Crippen molar-refractivity contribution in [1.82, 2.24) is 4.98 Å². The molecule has 1 aliphatic rings. The van der Waals surface area contributed by atoms with Gasteiger partial charge in [-0.25, -0.2) is 4.98 Å². The van der Waals surface area contributed by atoms with E-state index in [1.165, 1.54) is 0 Å². The number of aryl methyl sites for hydroxylation is 1. The molecule has 1 aliphatic heterocycles. The first-order chi connectivity index (χ1) is 7.63. The number of alkyl halides is 1. The largest absolute Gasteiger partial charge is 0.480 e. The quantitative estimate of drug-likeness (QED) is 0.779. The van der Waals surface area contributed by atoms with E-state index in [0.717, 1.165) is 11.3 Å². The molecule has 0 radical (unpaired) electrons. The first-order valence-electron chi connectivity index (χ1n) is 5.07. The van der Waals surface area contributed by atoms with Crippen LogP contribution in [0, 0.1) is 6.92 Å². The average molecular weight is 285 g/mol. The summed E-state index contributed by atoms with van der Waals surface area (Å²) in [5.41, 5.74) is 1.79. The number of hydrogen-bond acceptors (Lipinski definition) is 3. The smallest absolute Gasteiger partial charge is 0.237 e. The van der Waals surface area contributed by atoms with Gasteiger partial charge in [-0.1, -0.05) is 15.9 Å². The number of carbonyl (C=O) groups is 1. The van der Waals surface area contributed by atoms with E-state index in [0.29, 0.717) is 18.8 Å². The highest BCUT2D eigenvalue weighted by molar-refractivity contribution is 9.09. The Morgan fingerprint density at radius 2 is 2.38 bits per heavy atom. The molecule has 0 aromatic carbocycles. The van der Waals surface area contributed by atoms with Crippen molar-refractivity contribution in [3.05, 3.63) is 17.8 Å². The number of anilines is 1. The third kappa shape index (κ3) is 1.91. The van der Waals surface area contributed by atoms with Crippen LogP contribution in [0.1, 0.15) is 12.0 Å². The summed E-state index contributed by atoms with van der Waals surface area (Å²) in [7, 11) is 1.57. The molecule has 86 valence electrons. The number of amides is 1. The van der Waals surface area contributed by atoms with E-state index in [1.54, 1.807) is 18.2 Å². The standard InChI is InChI=1S/C11H13BrN2O2/c1-7-3-4-13-11(16-2)10(7)14-6-8(12)5-9(14)15/h3-4,8H,5-6H2,1-2H3. The molecule has 5 heteroatoms. The fourth-order valence-electron chi connectivity index (χ4n) is 1.88. The van der Waals surface area contributed by atoms with E-state index in [4.69, 9.17) is 4.74 Å². The third-order valence-corrected chi connectivity index (χ3v) is 3.25. The summed E-state index contributed by atoms with van der Waals surface area (Å²) in [5.74, 6) is 0.617. The highest BCUT2D eigenvalue weighted by Crippen LogP contribution is 2.33. The molecular formula is C11H13BrN2O2. The Balaban J connectivity index is 2.43. The molecule has 0 N–H and O–H groups in total. The Labute approximate surface area is 103 Å². The summed E-state index contributed by atoms with van der Waals surface area (Å²) in [5, 5.41) is 0. The minimum absolute atomic E-state index is 0.108. The van der Waals surface area contributed by atoms with Gasteiger partial charge in [0.2, 0.25) is 11.8 Å². The van der Waals surface area contributed by atoms with Crippen LogP contribution in [0.2, 0.25) is 0 Å². The first kappa shape index (κ1) is 11.4. The van der Waals surface area contributed by atoms with E-state index in [9.17, 15) is 4.79 Å². The first-order valence-corrected chi connectivity index (χ1v) is 5.99. The molecular weight excluding hydrogens is 272 g/mol. The van der Waals surface area contributed by atoms with Crippen LogP contribution in [0.15, 0.2) is 12.3 Å². The van der Waals surface area contributed by atoms with Gasteiger partial charge in [0.25, 0.3) is 0 Å². The molecule has 0 bridgehead atoms. The predicted octanol–water partition coefficient (Wildman–Crippen LogP) is 1.90. The number of ether oxygens (including phenoxy) is 1. The number of carbonyl (C=O) groups excluding carboxylic acids is 1. The number of methoxy groups -OCH3 is 1. The summed E-state index contributed by atoms with van der Waals surface area (Å²) in [6.45, 7) is 2.62. The molecule has 1 aromatic heterocycles. The summed E-state index contributed by atoms with van der Waals surface area (Å²) in [4.78, 5) is 17.9. The van der Waals surface area contributed by atoms with Crippen molar-refractivity contribution in [1.29, 1.82) is 0 Å². The second kappa shape index (κ2) is 4.41. The molecule has 1 fully saturated rings. The SMILES string of the molecule is COc1nccc(C)c1N1CC(Br)CC1=O. The maximum absolute atomic E-state index is 11.8. The molecule has 1 unspecified atom stereocenters. The lowest BCUT2D eigenvalue weighted by Gasteiger charge is -2.20. The molecule has 0 spiro atoms. The molecule has 0 aliphatic carbocycles. The number of nitrogens with zero attached hydrogens (tertiary/aromatic N) is 2. The Morgan fingerprint density at radius 1 is 1.62 bits per heavy atom. The summed E-state index contributed by atoms with van der Waals surface area (Å²) >= 11 is 3.46. The highest BCUT2D eigenvalue weighted by atomic mass is 79.9. The van der Waals surface area contributed by atoms with Crippen LogP contribution in [-0.2, 0) is 4.79 Å². The van der Waals surface area contributed by atoms with Gasteiger partial charge in [-0.05, 0) is 18.6 Å². The van der Waals surface area contributed by atoms with Crippen LogP contribution in [-0.4, -0.2) is 29.4 Å². The molecule has 1 aromatic rings. The molecule has 2 rings (SSSR count). The van der Waals surface area contributed by atoms with Crippen molar-refractivity contribution in [3.63, 3.8) is 0 Å². The van der Waals surface area contributed by atoms with Crippen molar-refractivity contribution in [2.45, 2.75) is 18.2 Å². The molecule has 4 nitrogen and oxygen atoms in total. The number of rotatable bonds is 2. The Hall–Kier alpha value is -1.10. The minimum atomic E-state index is 0.108. The maximum atomic E-state index is 11.8. The Bertz CT molecular complexity index is 422. The molecule has 16 heavy (non-hydrogen) atoms. The second-order valence-corrected chi connectivity index (χ2v) is 5.09. The third-order valence-electron chi connectivity index (χ3n) is 2.63. The van der Waals surface area contributed by atoms with E-state index in [2.05, 4.69) is 20.9 Å². The van der Waals surface area contributed by atoms with Gasteiger partial charge < -0.3 is 9.64 Å². The van der Waals surface area contributed by atoms with Gasteiger partial charge in [-0.2, -0.15) is 0 Å². The lowest BCUT2D eigenvalue weighted by molar-refractivity contribution is -0.117. The Morgan fingerprint density at radius 3 is 2.94 bits per heavy atom. The second-order valence-electron chi connectivity index (χ2n) is 3.79. The zero-order valence-corrected chi connectivity index (χ0v) is 10.8. The zero-order valence-electron chi connectivity index (χ0n) is 9.24. The van der Waals surface area contributed by atoms with E-state index < -0.39 is 0 Å². The van der Waals surface area contributed by atoms with Crippen molar-refractivity contribution >= 4 is 27.5 Å². The van der Waals surface area contributed by atoms with Gasteiger partial charge >= 0.3 is 0 Å². The normalized spacial score (nSPS) is 20.3. The summed E-state index contributed by atoms with van der Waals surface area (Å²) in [6, 6.07) is 1.88. The molecule has 2 heterocycles. The van der Waals surface area contributed by atoms with Gasteiger partial charge in [-0.15, -0.1) is 0 Å². The minimum Gasteiger partial charge on any atom is -0.480 e. The van der Waals surface area contributed by atoms with Crippen LogP contribution >= 0.6 is 15.9 Å².